The lowest BCUT2D eigenvalue weighted by Gasteiger charge is -2.16. The molecule has 8 heteroatoms. The minimum Gasteiger partial charge on any atom is -0.355 e. The van der Waals surface area contributed by atoms with Crippen molar-refractivity contribution < 1.29 is 31.6 Å². The molecule has 2 rings (SSSR count). The Kier molecular flexibility index (Phi) is 5.73. The summed E-state index contributed by atoms with van der Waals surface area (Å²) in [5, 5.41) is 2.47. The van der Waals surface area contributed by atoms with Gasteiger partial charge in [-0.2, -0.15) is 0 Å². The van der Waals surface area contributed by atoms with Gasteiger partial charge in [-0.15, -0.1) is 0 Å². The molecule has 0 aliphatic rings. The van der Waals surface area contributed by atoms with Gasteiger partial charge in [0.2, 0.25) is 5.82 Å². The van der Waals surface area contributed by atoms with E-state index >= 15 is 0 Å². The Bertz CT molecular complexity index is 764. The van der Waals surface area contributed by atoms with E-state index in [9.17, 15) is 26.7 Å². The van der Waals surface area contributed by atoms with Crippen LogP contribution in [0.5, 0.6) is 0 Å². The molecule has 2 aromatic rings. The lowest BCUT2D eigenvalue weighted by molar-refractivity contribution is -0.908. The highest BCUT2D eigenvalue weighted by molar-refractivity contribution is 5.93. The molecule has 0 aliphatic carbocycles. The van der Waals surface area contributed by atoms with Crippen LogP contribution < -0.4 is 10.2 Å². The third kappa shape index (κ3) is 3.96. The fourth-order valence-corrected chi connectivity index (χ4v) is 2.44. The molecule has 0 bridgehead atoms. The molecule has 0 heterocycles. The number of carbonyl (C=O) groups excluding carboxylic acids is 1. The van der Waals surface area contributed by atoms with Crippen molar-refractivity contribution in [3.8, 4) is 0 Å². The first-order valence-electron chi connectivity index (χ1n) is 7.38. The first-order chi connectivity index (χ1) is 11.8. The highest BCUT2D eigenvalue weighted by Crippen LogP contribution is 2.22. The van der Waals surface area contributed by atoms with Crippen molar-refractivity contribution in [1.82, 2.24) is 5.32 Å². The number of halogens is 5. The number of hydrogen-bond donors (Lipinski definition) is 2. The summed E-state index contributed by atoms with van der Waals surface area (Å²) in [6.07, 6.45) is 0. The highest BCUT2D eigenvalue weighted by Gasteiger charge is 2.27. The first-order valence-corrected chi connectivity index (χ1v) is 7.38. The van der Waals surface area contributed by atoms with E-state index in [4.69, 9.17) is 0 Å². The largest absolute Gasteiger partial charge is 0.355 e. The maximum atomic E-state index is 13.7. The summed E-state index contributed by atoms with van der Waals surface area (Å²) in [6, 6.07) is 6.49. The zero-order chi connectivity index (χ0) is 18.7. The van der Waals surface area contributed by atoms with Gasteiger partial charge in [-0.1, -0.05) is 12.1 Å². The van der Waals surface area contributed by atoms with Crippen LogP contribution in [0.2, 0.25) is 0 Å². The predicted octanol–water partition coefficient (Wildman–Crippen LogP) is 1.96. The topological polar surface area (TPSA) is 33.5 Å². The summed E-state index contributed by atoms with van der Waals surface area (Å²) in [5.74, 6) is -9.94. The fraction of sp³-hybridized carbons (Fsp3) is 0.235. The summed E-state index contributed by atoms with van der Waals surface area (Å²) < 4.78 is 66.9. The highest BCUT2D eigenvalue weighted by atomic mass is 19.2. The number of rotatable bonds is 5. The Morgan fingerprint density at radius 1 is 0.880 bits per heavy atom. The molecule has 0 aliphatic heterocycles. The van der Waals surface area contributed by atoms with Gasteiger partial charge in [0.1, 0.15) is 13.1 Å². The molecular weight excluding hydrogens is 343 g/mol. The van der Waals surface area contributed by atoms with Crippen LogP contribution in [0.25, 0.3) is 0 Å². The smallest absolute Gasteiger partial charge is 0.251 e. The zero-order valence-electron chi connectivity index (χ0n) is 13.5. The Balaban J connectivity index is 2.16. The lowest BCUT2D eigenvalue weighted by Crippen LogP contribution is -3.06. The molecule has 1 atom stereocenters. The van der Waals surface area contributed by atoms with Crippen LogP contribution in [0.3, 0.4) is 0 Å². The Morgan fingerprint density at radius 3 is 1.84 bits per heavy atom. The van der Waals surface area contributed by atoms with Gasteiger partial charge in [0, 0.05) is 18.2 Å². The van der Waals surface area contributed by atoms with E-state index < -0.39 is 34.6 Å². The van der Waals surface area contributed by atoms with Gasteiger partial charge < -0.3 is 10.2 Å². The zero-order valence-corrected chi connectivity index (χ0v) is 13.5. The number of amides is 1. The molecule has 0 saturated heterocycles. The van der Waals surface area contributed by atoms with E-state index in [1.165, 1.54) is 7.05 Å². The second-order valence-corrected chi connectivity index (χ2v) is 5.64. The molecule has 3 nitrogen and oxygen atoms in total. The van der Waals surface area contributed by atoms with Crippen LogP contribution in [0.15, 0.2) is 24.3 Å². The molecule has 0 spiro atoms. The quantitative estimate of drug-likeness (QED) is 0.478. The average Bonchev–Trinajstić information content (AvgIpc) is 2.62. The van der Waals surface area contributed by atoms with Crippen molar-refractivity contribution in [2.75, 3.05) is 14.1 Å². The van der Waals surface area contributed by atoms with Gasteiger partial charge in [-0.25, -0.2) is 22.0 Å². The van der Waals surface area contributed by atoms with Crippen LogP contribution in [-0.2, 0) is 13.1 Å². The van der Waals surface area contributed by atoms with Gasteiger partial charge in [0.25, 0.3) is 5.91 Å². The number of quaternary nitrogens is 1. The monoisotopic (exact) mass is 359 g/mol. The normalized spacial score (nSPS) is 12.1. The van der Waals surface area contributed by atoms with Crippen molar-refractivity contribution in [1.29, 1.82) is 0 Å². The number of nitrogens with one attached hydrogen (secondary N) is 2. The van der Waals surface area contributed by atoms with Gasteiger partial charge in [-0.05, 0) is 12.1 Å². The summed E-state index contributed by atoms with van der Waals surface area (Å²) in [4.78, 5) is 12.0. The number of carbonyl (C=O) groups is 1. The van der Waals surface area contributed by atoms with Crippen molar-refractivity contribution in [3.63, 3.8) is 0 Å². The van der Waals surface area contributed by atoms with E-state index in [1.54, 1.807) is 31.3 Å². The van der Waals surface area contributed by atoms with Crippen molar-refractivity contribution in [3.05, 3.63) is 70.0 Å². The molecule has 25 heavy (non-hydrogen) atoms. The molecule has 1 amide bonds. The molecule has 0 fully saturated rings. The molecule has 0 aromatic heterocycles. The molecule has 2 N–H and O–H groups in total. The van der Waals surface area contributed by atoms with Crippen LogP contribution in [0, 0.1) is 29.1 Å². The molecule has 0 saturated carbocycles. The Hall–Kier alpha value is -2.48. The maximum Gasteiger partial charge on any atom is 0.251 e. The SMILES string of the molecule is CNC(=O)c1ccc(C[NH+](C)Cc2c(F)c(F)c(F)c(F)c2F)cc1. The summed E-state index contributed by atoms with van der Waals surface area (Å²) in [5.41, 5.74) is 0.341. The van der Waals surface area contributed by atoms with Gasteiger partial charge in [0.15, 0.2) is 23.3 Å². The molecule has 134 valence electrons. The van der Waals surface area contributed by atoms with E-state index in [0.29, 0.717) is 10.5 Å². The predicted molar refractivity (Wildman–Crippen MR) is 80.4 cm³/mol. The van der Waals surface area contributed by atoms with Crippen molar-refractivity contribution in [2.24, 2.45) is 0 Å². The molecule has 0 radical (unpaired) electrons. The van der Waals surface area contributed by atoms with Crippen LogP contribution in [0.4, 0.5) is 22.0 Å². The average molecular weight is 359 g/mol. The number of benzene rings is 2. The minimum atomic E-state index is -2.17. The summed E-state index contributed by atoms with van der Waals surface area (Å²) >= 11 is 0. The lowest BCUT2D eigenvalue weighted by atomic mass is 10.1. The molecule has 2 aromatic carbocycles. The van der Waals surface area contributed by atoms with Crippen LogP contribution in [0.1, 0.15) is 21.5 Å². The third-order valence-corrected chi connectivity index (χ3v) is 3.73. The Morgan fingerprint density at radius 2 is 1.36 bits per heavy atom. The number of hydrogen-bond acceptors (Lipinski definition) is 1. The van der Waals surface area contributed by atoms with Gasteiger partial charge in [-0.3, -0.25) is 4.79 Å². The summed E-state index contributed by atoms with van der Waals surface area (Å²) in [6.45, 7) is -0.115. The summed E-state index contributed by atoms with van der Waals surface area (Å²) in [7, 11) is 3.06. The van der Waals surface area contributed by atoms with E-state index in [1.807, 2.05) is 0 Å². The minimum absolute atomic E-state index is 0.256. The Labute approximate surface area is 141 Å². The molecular formula is C17H16F5N2O+. The third-order valence-electron chi connectivity index (χ3n) is 3.73. The van der Waals surface area contributed by atoms with Crippen LogP contribution in [-0.4, -0.2) is 20.0 Å². The standard InChI is InChI=1S/C17H15F5N2O/c1-23-17(25)10-5-3-9(4-6-10)7-24(2)8-11-12(18)14(20)16(22)15(21)13(11)19/h3-6H,7-8H2,1-2H3,(H,23,25)/p+1. The van der Waals surface area contributed by atoms with Crippen LogP contribution >= 0.6 is 0 Å². The fourth-order valence-electron chi connectivity index (χ4n) is 2.44. The first kappa shape index (κ1) is 18.9. The van der Waals surface area contributed by atoms with E-state index in [2.05, 4.69) is 5.32 Å². The molecule has 1 unspecified atom stereocenters. The second-order valence-electron chi connectivity index (χ2n) is 5.64. The van der Waals surface area contributed by atoms with Gasteiger partial charge in [0.05, 0.1) is 12.6 Å². The van der Waals surface area contributed by atoms with E-state index in [-0.39, 0.29) is 19.0 Å². The van der Waals surface area contributed by atoms with Gasteiger partial charge >= 0.3 is 0 Å². The van der Waals surface area contributed by atoms with Crippen molar-refractivity contribution in [2.45, 2.75) is 13.1 Å². The maximum absolute atomic E-state index is 13.7. The van der Waals surface area contributed by atoms with Crippen molar-refractivity contribution >= 4 is 5.91 Å². The second kappa shape index (κ2) is 7.60. The van der Waals surface area contributed by atoms with E-state index in [0.717, 1.165) is 5.56 Å².